The maximum absolute atomic E-state index is 10.7. The summed E-state index contributed by atoms with van der Waals surface area (Å²) in [7, 11) is 0. The third kappa shape index (κ3) is 3.11. The first kappa shape index (κ1) is 12.3. The van der Waals surface area contributed by atoms with Crippen LogP contribution in [0.4, 0.5) is 5.69 Å². The van der Waals surface area contributed by atoms with Gasteiger partial charge < -0.3 is 4.74 Å². The summed E-state index contributed by atoms with van der Waals surface area (Å²) in [5.41, 5.74) is -0.197. The van der Waals surface area contributed by atoms with Crippen molar-refractivity contribution in [2.45, 2.75) is 19.4 Å². The Kier molecular flexibility index (Phi) is 4.09. The van der Waals surface area contributed by atoms with Crippen molar-refractivity contribution >= 4 is 17.3 Å². The number of nitro benzene ring substituents is 1. The van der Waals surface area contributed by atoms with Gasteiger partial charge >= 0.3 is 5.69 Å². The molecule has 0 aliphatic carbocycles. The standard InChI is InChI=1S/C10H9ClN2O3/c1-7(4-5-12)16-10-3-2-8(11)6-9(10)13(14)15/h2-3,6-7H,4H2,1H3. The quantitative estimate of drug-likeness (QED) is 0.599. The fraction of sp³-hybridized carbons (Fsp3) is 0.300. The van der Waals surface area contributed by atoms with E-state index in [1.54, 1.807) is 6.92 Å². The summed E-state index contributed by atoms with van der Waals surface area (Å²) in [5, 5.41) is 19.4. The first-order valence-electron chi connectivity index (χ1n) is 4.52. The summed E-state index contributed by atoms with van der Waals surface area (Å²) in [5.74, 6) is 0.122. The summed E-state index contributed by atoms with van der Waals surface area (Å²) in [4.78, 5) is 10.1. The van der Waals surface area contributed by atoms with Crippen LogP contribution in [0.2, 0.25) is 5.02 Å². The van der Waals surface area contributed by atoms with Crippen LogP contribution in [-0.2, 0) is 0 Å². The highest BCUT2D eigenvalue weighted by atomic mass is 35.5. The van der Waals surface area contributed by atoms with Crippen LogP contribution in [0.3, 0.4) is 0 Å². The Morgan fingerprint density at radius 3 is 2.94 bits per heavy atom. The van der Waals surface area contributed by atoms with Gasteiger partial charge in [0.1, 0.15) is 6.10 Å². The molecule has 1 atom stereocenters. The highest BCUT2D eigenvalue weighted by Gasteiger charge is 2.17. The van der Waals surface area contributed by atoms with Gasteiger partial charge in [0.05, 0.1) is 17.4 Å². The molecule has 1 aromatic rings. The monoisotopic (exact) mass is 240 g/mol. The van der Waals surface area contributed by atoms with Gasteiger partial charge in [-0.15, -0.1) is 0 Å². The first-order valence-corrected chi connectivity index (χ1v) is 4.90. The van der Waals surface area contributed by atoms with Crippen LogP contribution in [0.15, 0.2) is 18.2 Å². The van der Waals surface area contributed by atoms with Crippen LogP contribution >= 0.6 is 11.6 Å². The van der Waals surface area contributed by atoms with Crippen molar-refractivity contribution in [3.63, 3.8) is 0 Å². The molecule has 1 aromatic carbocycles. The lowest BCUT2D eigenvalue weighted by Crippen LogP contribution is -2.11. The summed E-state index contributed by atoms with van der Waals surface area (Å²) in [6.07, 6.45) is -0.232. The number of halogens is 1. The minimum Gasteiger partial charge on any atom is -0.483 e. The van der Waals surface area contributed by atoms with Crippen molar-refractivity contribution in [2.24, 2.45) is 0 Å². The molecule has 1 unspecified atom stereocenters. The molecule has 0 N–H and O–H groups in total. The van der Waals surface area contributed by atoms with Crippen molar-refractivity contribution < 1.29 is 9.66 Å². The third-order valence-electron chi connectivity index (χ3n) is 1.82. The van der Waals surface area contributed by atoms with Crippen molar-refractivity contribution in [1.29, 1.82) is 5.26 Å². The maximum atomic E-state index is 10.7. The molecular formula is C10H9ClN2O3. The van der Waals surface area contributed by atoms with E-state index >= 15 is 0 Å². The van der Waals surface area contributed by atoms with Crippen molar-refractivity contribution in [2.75, 3.05) is 0 Å². The summed E-state index contributed by atoms with van der Waals surface area (Å²) in [6.45, 7) is 1.67. The number of benzene rings is 1. The average Bonchev–Trinajstić information content (AvgIpc) is 2.20. The van der Waals surface area contributed by atoms with Gasteiger partial charge in [0.25, 0.3) is 0 Å². The Hall–Kier alpha value is -1.80. The zero-order chi connectivity index (χ0) is 12.1. The molecule has 0 radical (unpaired) electrons. The number of rotatable bonds is 4. The number of ether oxygens (including phenoxy) is 1. The lowest BCUT2D eigenvalue weighted by atomic mass is 10.2. The lowest BCUT2D eigenvalue weighted by Gasteiger charge is -2.11. The molecule has 0 aliphatic rings. The number of nitro groups is 1. The molecule has 0 fully saturated rings. The largest absolute Gasteiger partial charge is 0.483 e. The van der Waals surface area contributed by atoms with Crippen LogP contribution in [0, 0.1) is 21.4 Å². The Morgan fingerprint density at radius 1 is 1.69 bits per heavy atom. The summed E-state index contributed by atoms with van der Waals surface area (Å²) >= 11 is 5.65. The van der Waals surface area contributed by atoms with Gasteiger partial charge in [0.15, 0.2) is 5.75 Å². The molecule has 0 aromatic heterocycles. The van der Waals surface area contributed by atoms with E-state index in [4.69, 9.17) is 21.6 Å². The zero-order valence-corrected chi connectivity index (χ0v) is 9.27. The van der Waals surface area contributed by atoms with E-state index in [1.807, 2.05) is 6.07 Å². The van der Waals surface area contributed by atoms with Gasteiger partial charge in [-0.3, -0.25) is 10.1 Å². The van der Waals surface area contributed by atoms with Gasteiger partial charge in [-0.1, -0.05) is 11.6 Å². The minimum atomic E-state index is -0.569. The van der Waals surface area contributed by atoms with Crippen LogP contribution in [0.1, 0.15) is 13.3 Å². The zero-order valence-electron chi connectivity index (χ0n) is 8.51. The molecule has 6 heteroatoms. The predicted octanol–water partition coefficient (Wildman–Crippen LogP) is 2.93. The van der Waals surface area contributed by atoms with Gasteiger partial charge in [0.2, 0.25) is 0 Å². The van der Waals surface area contributed by atoms with E-state index in [0.717, 1.165) is 0 Å². The molecule has 16 heavy (non-hydrogen) atoms. The molecule has 0 spiro atoms. The molecule has 5 nitrogen and oxygen atoms in total. The van der Waals surface area contributed by atoms with Gasteiger partial charge in [-0.2, -0.15) is 5.26 Å². The Balaban J connectivity index is 2.96. The second kappa shape index (κ2) is 5.33. The van der Waals surface area contributed by atoms with E-state index in [1.165, 1.54) is 18.2 Å². The fourth-order valence-electron chi connectivity index (χ4n) is 1.12. The number of nitrogens with zero attached hydrogens (tertiary/aromatic N) is 2. The topological polar surface area (TPSA) is 76.2 Å². The second-order valence-corrected chi connectivity index (χ2v) is 3.60. The minimum absolute atomic E-state index is 0.122. The Labute approximate surface area is 97.4 Å². The molecule has 1 rings (SSSR count). The molecule has 84 valence electrons. The van der Waals surface area contributed by atoms with E-state index in [0.29, 0.717) is 0 Å². The summed E-state index contributed by atoms with van der Waals surface area (Å²) in [6, 6.07) is 6.07. The van der Waals surface area contributed by atoms with Crippen LogP contribution in [-0.4, -0.2) is 11.0 Å². The third-order valence-corrected chi connectivity index (χ3v) is 2.06. The number of nitriles is 1. The molecule has 0 heterocycles. The second-order valence-electron chi connectivity index (χ2n) is 3.16. The maximum Gasteiger partial charge on any atom is 0.312 e. The van der Waals surface area contributed by atoms with Crippen LogP contribution in [0.25, 0.3) is 0 Å². The molecule has 0 amide bonds. The van der Waals surface area contributed by atoms with E-state index in [-0.39, 0.29) is 22.9 Å². The highest BCUT2D eigenvalue weighted by molar-refractivity contribution is 6.30. The Morgan fingerprint density at radius 2 is 2.38 bits per heavy atom. The summed E-state index contributed by atoms with van der Waals surface area (Å²) < 4.78 is 5.28. The van der Waals surface area contributed by atoms with Crippen molar-refractivity contribution in [3.8, 4) is 11.8 Å². The smallest absolute Gasteiger partial charge is 0.312 e. The normalized spacial score (nSPS) is 11.6. The molecule has 0 aliphatic heterocycles. The van der Waals surface area contributed by atoms with Crippen molar-refractivity contribution in [1.82, 2.24) is 0 Å². The SMILES string of the molecule is CC(CC#N)Oc1ccc(Cl)cc1[N+](=O)[O-]. The van der Waals surface area contributed by atoms with E-state index < -0.39 is 11.0 Å². The first-order chi connectivity index (χ1) is 7.54. The van der Waals surface area contributed by atoms with Crippen molar-refractivity contribution in [3.05, 3.63) is 33.3 Å². The number of hydrogen-bond acceptors (Lipinski definition) is 4. The predicted molar refractivity (Wildman–Crippen MR) is 58.4 cm³/mol. The van der Waals surface area contributed by atoms with Gasteiger partial charge in [-0.25, -0.2) is 0 Å². The number of hydrogen-bond donors (Lipinski definition) is 0. The fourth-order valence-corrected chi connectivity index (χ4v) is 1.29. The van der Waals surface area contributed by atoms with Crippen LogP contribution < -0.4 is 4.74 Å². The highest BCUT2D eigenvalue weighted by Crippen LogP contribution is 2.30. The lowest BCUT2D eigenvalue weighted by molar-refractivity contribution is -0.386. The van der Waals surface area contributed by atoms with Gasteiger partial charge in [-0.05, 0) is 19.1 Å². The Bertz CT molecular complexity index is 442. The van der Waals surface area contributed by atoms with E-state index in [2.05, 4.69) is 0 Å². The molecular weight excluding hydrogens is 232 g/mol. The van der Waals surface area contributed by atoms with Crippen LogP contribution in [0.5, 0.6) is 5.75 Å². The molecule has 0 saturated heterocycles. The molecule has 0 saturated carbocycles. The average molecular weight is 241 g/mol. The van der Waals surface area contributed by atoms with E-state index in [9.17, 15) is 10.1 Å². The molecule has 0 bridgehead atoms. The van der Waals surface area contributed by atoms with Gasteiger partial charge in [0, 0.05) is 11.1 Å².